The molecule has 0 spiro atoms. The molecule has 0 unspecified atom stereocenters. The summed E-state index contributed by atoms with van der Waals surface area (Å²) < 4.78 is 0. The van der Waals surface area contributed by atoms with E-state index >= 15 is 0 Å². The number of ketones is 1. The first-order valence-electron chi connectivity index (χ1n) is 5.81. The maximum atomic E-state index is 11.8. The molecular formula is C13H20OS. The third-order valence-corrected chi connectivity index (χ3v) is 3.44. The van der Waals surface area contributed by atoms with E-state index in [-0.39, 0.29) is 0 Å². The van der Waals surface area contributed by atoms with E-state index in [0.717, 1.165) is 36.3 Å². The lowest BCUT2D eigenvalue weighted by Gasteiger charge is -2.07. The average molecular weight is 224 g/mol. The normalized spacial score (nSPS) is 22.3. The molecule has 0 atom stereocenters. The molecule has 0 aromatic heterocycles. The van der Waals surface area contributed by atoms with Gasteiger partial charge in [0.15, 0.2) is 5.78 Å². The molecule has 0 aliphatic heterocycles. The van der Waals surface area contributed by atoms with Gasteiger partial charge in [0.2, 0.25) is 0 Å². The molecule has 0 aromatic carbocycles. The van der Waals surface area contributed by atoms with E-state index in [4.69, 9.17) is 0 Å². The van der Waals surface area contributed by atoms with Gasteiger partial charge in [0.05, 0.1) is 0 Å². The van der Waals surface area contributed by atoms with Crippen LogP contribution in [0.3, 0.4) is 0 Å². The number of carbonyl (C=O) groups is 1. The van der Waals surface area contributed by atoms with Gasteiger partial charge in [0, 0.05) is 12.2 Å². The molecule has 1 rings (SSSR count). The summed E-state index contributed by atoms with van der Waals surface area (Å²) in [6.45, 7) is 2.13. The van der Waals surface area contributed by atoms with Gasteiger partial charge in [-0.2, -0.15) is 11.8 Å². The van der Waals surface area contributed by atoms with E-state index in [1.54, 1.807) is 0 Å². The monoisotopic (exact) mass is 224 g/mol. The number of hydrogen-bond donors (Lipinski definition) is 0. The van der Waals surface area contributed by atoms with Gasteiger partial charge in [0.25, 0.3) is 0 Å². The van der Waals surface area contributed by atoms with Gasteiger partial charge < -0.3 is 0 Å². The molecule has 15 heavy (non-hydrogen) atoms. The molecule has 1 nitrogen and oxygen atoms in total. The lowest BCUT2D eigenvalue weighted by Crippen LogP contribution is -2.04. The highest BCUT2D eigenvalue weighted by Gasteiger charge is 2.08. The smallest absolute Gasteiger partial charge is 0.159 e. The highest BCUT2D eigenvalue weighted by Crippen LogP contribution is 2.16. The van der Waals surface area contributed by atoms with Crippen LogP contribution in [0.2, 0.25) is 0 Å². The summed E-state index contributed by atoms with van der Waals surface area (Å²) in [5.74, 6) is 2.42. The Labute approximate surface area is 97.0 Å². The van der Waals surface area contributed by atoms with Crippen molar-refractivity contribution in [2.45, 2.75) is 39.0 Å². The van der Waals surface area contributed by atoms with Crippen molar-refractivity contribution in [3.05, 3.63) is 23.8 Å². The third kappa shape index (κ3) is 5.22. The van der Waals surface area contributed by atoms with Crippen LogP contribution in [0, 0.1) is 0 Å². The first-order valence-corrected chi connectivity index (χ1v) is 6.96. The fourth-order valence-electron chi connectivity index (χ4n) is 1.64. The van der Waals surface area contributed by atoms with Crippen molar-refractivity contribution in [3.63, 3.8) is 0 Å². The predicted molar refractivity (Wildman–Crippen MR) is 68.3 cm³/mol. The van der Waals surface area contributed by atoms with Crippen LogP contribution in [0.25, 0.3) is 0 Å². The molecule has 0 saturated carbocycles. The summed E-state index contributed by atoms with van der Waals surface area (Å²) in [6.07, 6.45) is 11.4. The lowest BCUT2D eigenvalue weighted by atomic mass is 9.99. The van der Waals surface area contributed by atoms with E-state index in [1.807, 2.05) is 23.9 Å². The van der Waals surface area contributed by atoms with E-state index < -0.39 is 0 Å². The maximum Gasteiger partial charge on any atom is 0.159 e. The first kappa shape index (κ1) is 12.6. The number of Topliss-reactive ketones (excluding diaryl/α,β-unsaturated/α-hetero) is 1. The Kier molecular flexibility index (Phi) is 6.49. The van der Waals surface area contributed by atoms with Crippen molar-refractivity contribution < 1.29 is 4.79 Å². The Bertz CT molecular complexity index is 253. The van der Waals surface area contributed by atoms with Crippen LogP contribution in [-0.4, -0.2) is 17.3 Å². The van der Waals surface area contributed by atoms with Crippen LogP contribution in [0.15, 0.2) is 23.8 Å². The van der Waals surface area contributed by atoms with Crippen LogP contribution in [0.1, 0.15) is 39.0 Å². The van der Waals surface area contributed by atoms with Crippen molar-refractivity contribution in [2.24, 2.45) is 0 Å². The van der Waals surface area contributed by atoms with Crippen LogP contribution >= 0.6 is 11.8 Å². The second-order valence-corrected chi connectivity index (χ2v) is 5.13. The van der Waals surface area contributed by atoms with Gasteiger partial charge in [0.1, 0.15) is 0 Å². The van der Waals surface area contributed by atoms with Crippen LogP contribution in [0.4, 0.5) is 0 Å². The van der Waals surface area contributed by atoms with Gasteiger partial charge in [-0.15, -0.1) is 0 Å². The standard InChI is InChI=1S/C13H20OS/c1-2-15-11-10-13(14)12-8-6-4-3-5-7-9-12/h4,6,8H,2-3,5,7,9-11H2,1H3/b6-4-,12-8+. The summed E-state index contributed by atoms with van der Waals surface area (Å²) in [5, 5.41) is 0. The van der Waals surface area contributed by atoms with Crippen LogP contribution in [0.5, 0.6) is 0 Å². The molecule has 0 saturated heterocycles. The van der Waals surface area contributed by atoms with Crippen LogP contribution < -0.4 is 0 Å². The van der Waals surface area contributed by atoms with Crippen molar-refractivity contribution in [2.75, 3.05) is 11.5 Å². The van der Waals surface area contributed by atoms with E-state index in [2.05, 4.69) is 13.0 Å². The number of hydrogen-bond acceptors (Lipinski definition) is 2. The largest absolute Gasteiger partial charge is 0.295 e. The zero-order valence-corrected chi connectivity index (χ0v) is 10.3. The first-order chi connectivity index (χ1) is 7.34. The van der Waals surface area contributed by atoms with Crippen molar-refractivity contribution in [3.8, 4) is 0 Å². The molecular weight excluding hydrogens is 204 g/mol. The molecule has 84 valence electrons. The topological polar surface area (TPSA) is 17.1 Å². The van der Waals surface area contributed by atoms with Gasteiger partial charge in [-0.25, -0.2) is 0 Å². The molecule has 2 heteroatoms. The molecule has 0 bridgehead atoms. The maximum absolute atomic E-state index is 11.8. The molecule has 0 N–H and O–H groups in total. The average Bonchev–Trinajstić information content (AvgIpc) is 2.17. The second kappa shape index (κ2) is 7.75. The molecule has 0 radical (unpaired) electrons. The molecule has 0 fully saturated rings. The quantitative estimate of drug-likeness (QED) is 0.661. The third-order valence-electron chi connectivity index (χ3n) is 2.54. The Hall–Kier alpha value is -0.500. The number of rotatable bonds is 5. The molecule has 1 aliphatic rings. The minimum Gasteiger partial charge on any atom is -0.295 e. The fraction of sp³-hybridized carbons (Fsp3) is 0.615. The number of allylic oxidation sites excluding steroid dienone is 4. The summed E-state index contributed by atoms with van der Waals surface area (Å²) in [5.41, 5.74) is 1.03. The molecule has 0 heterocycles. The molecule has 0 amide bonds. The van der Waals surface area contributed by atoms with E-state index in [9.17, 15) is 4.79 Å². The molecule has 1 aliphatic carbocycles. The van der Waals surface area contributed by atoms with Gasteiger partial charge in [-0.1, -0.05) is 25.2 Å². The minimum atomic E-state index is 0.350. The van der Waals surface area contributed by atoms with Crippen molar-refractivity contribution >= 4 is 17.5 Å². The summed E-state index contributed by atoms with van der Waals surface area (Å²) >= 11 is 1.84. The van der Waals surface area contributed by atoms with E-state index in [0.29, 0.717) is 12.2 Å². The van der Waals surface area contributed by atoms with Crippen molar-refractivity contribution in [1.29, 1.82) is 0 Å². The Morgan fingerprint density at radius 3 is 3.13 bits per heavy atom. The van der Waals surface area contributed by atoms with E-state index in [1.165, 1.54) is 6.42 Å². The second-order valence-electron chi connectivity index (χ2n) is 3.74. The van der Waals surface area contributed by atoms with Crippen molar-refractivity contribution in [1.82, 2.24) is 0 Å². The lowest BCUT2D eigenvalue weighted by molar-refractivity contribution is -0.115. The highest BCUT2D eigenvalue weighted by molar-refractivity contribution is 7.99. The Morgan fingerprint density at radius 1 is 1.47 bits per heavy atom. The SMILES string of the molecule is CCSCCC(=O)/C1=C/C=C\CCCC1. The zero-order valence-electron chi connectivity index (χ0n) is 9.50. The number of thioether (sulfide) groups is 1. The summed E-state index contributed by atoms with van der Waals surface area (Å²) in [7, 11) is 0. The van der Waals surface area contributed by atoms with Gasteiger partial charge in [-0.3, -0.25) is 4.79 Å². The Morgan fingerprint density at radius 2 is 2.33 bits per heavy atom. The Balaban J connectivity index is 2.41. The summed E-state index contributed by atoms with van der Waals surface area (Å²) in [4.78, 5) is 11.8. The summed E-state index contributed by atoms with van der Waals surface area (Å²) in [6, 6.07) is 0. The highest BCUT2D eigenvalue weighted by atomic mass is 32.2. The van der Waals surface area contributed by atoms with Crippen LogP contribution in [-0.2, 0) is 4.79 Å². The molecule has 0 aromatic rings. The minimum absolute atomic E-state index is 0.350. The zero-order chi connectivity index (χ0) is 10.9. The van der Waals surface area contributed by atoms with Gasteiger partial charge >= 0.3 is 0 Å². The fourth-order valence-corrected chi connectivity index (χ4v) is 2.26. The van der Waals surface area contributed by atoms with Gasteiger partial charge in [-0.05, 0) is 37.0 Å². The number of carbonyl (C=O) groups excluding carboxylic acids is 1. The predicted octanol–water partition coefficient (Wildman–Crippen LogP) is 3.76.